The molecule has 1 atom stereocenters. The van der Waals surface area contributed by atoms with Gasteiger partial charge in [-0.2, -0.15) is 0 Å². The normalized spacial score (nSPS) is 12.3. The Balaban J connectivity index is 1.63. The highest BCUT2D eigenvalue weighted by molar-refractivity contribution is 5.13. The van der Waals surface area contributed by atoms with E-state index in [2.05, 4.69) is 66.1 Å². The molecule has 0 saturated carbocycles. The zero-order valence-electron chi connectivity index (χ0n) is 21.3. The molecule has 1 heterocycles. The van der Waals surface area contributed by atoms with Crippen molar-refractivity contribution in [3.05, 3.63) is 54.1 Å². The highest BCUT2D eigenvalue weighted by atomic mass is 15.1. The second-order valence-corrected chi connectivity index (χ2v) is 9.83. The van der Waals surface area contributed by atoms with Gasteiger partial charge in [0.25, 0.3) is 5.82 Å². The van der Waals surface area contributed by atoms with Crippen LogP contribution >= 0.6 is 0 Å². The summed E-state index contributed by atoms with van der Waals surface area (Å²) in [5.41, 5.74) is 1.38. The predicted octanol–water partition coefficient (Wildman–Crippen LogP) is 9.11. The first kappa shape index (κ1) is 26.7. The van der Waals surface area contributed by atoms with Crippen LogP contribution in [0.4, 0.5) is 0 Å². The molecule has 0 aliphatic carbocycles. The number of unbranched alkanes of at least 4 members (excludes halogenated alkanes) is 13. The summed E-state index contributed by atoms with van der Waals surface area (Å²) in [6.07, 6.45) is 28.2. The van der Waals surface area contributed by atoms with E-state index >= 15 is 0 Å². The molecule has 2 aromatic rings. The number of benzene rings is 1. The first-order chi connectivity index (χ1) is 15.8. The maximum Gasteiger partial charge on any atom is 0.257 e. The molecule has 0 unspecified atom stereocenters. The second-order valence-electron chi connectivity index (χ2n) is 9.83. The molecule has 0 bridgehead atoms. The van der Waals surface area contributed by atoms with E-state index in [9.17, 15) is 0 Å². The Kier molecular flexibility index (Phi) is 14.9. The van der Waals surface area contributed by atoms with Gasteiger partial charge < -0.3 is 0 Å². The average molecular weight is 440 g/mol. The summed E-state index contributed by atoms with van der Waals surface area (Å²) in [5, 5.41) is 0. The molecule has 0 spiro atoms. The minimum Gasteiger partial charge on any atom is -0.247 e. The fourth-order valence-corrected chi connectivity index (χ4v) is 4.92. The molecule has 0 amide bonds. The summed E-state index contributed by atoms with van der Waals surface area (Å²) in [7, 11) is 0. The zero-order valence-corrected chi connectivity index (χ0v) is 21.3. The van der Waals surface area contributed by atoms with Crippen molar-refractivity contribution in [2.24, 2.45) is 0 Å². The number of nitrogens with zero attached hydrogens (tertiary/aromatic N) is 1. The van der Waals surface area contributed by atoms with Crippen LogP contribution in [-0.2, 0) is 6.54 Å². The minimum atomic E-state index is 0.668. The van der Waals surface area contributed by atoms with Gasteiger partial charge in [0.2, 0.25) is 0 Å². The number of imidazole rings is 1. The highest BCUT2D eigenvalue weighted by Gasteiger charge is 2.22. The van der Waals surface area contributed by atoms with Gasteiger partial charge in [0.1, 0.15) is 18.9 Å². The monoisotopic (exact) mass is 439 g/mol. The second kappa shape index (κ2) is 17.9. The fraction of sp³-hybridized carbons (Fsp3) is 0.700. The van der Waals surface area contributed by atoms with Crippen molar-refractivity contribution >= 4 is 0 Å². The summed E-state index contributed by atoms with van der Waals surface area (Å²) < 4.78 is 2.44. The highest BCUT2D eigenvalue weighted by Crippen LogP contribution is 2.25. The summed E-state index contributed by atoms with van der Waals surface area (Å²) in [5.74, 6) is 2.10. The van der Waals surface area contributed by atoms with Crippen molar-refractivity contribution in [2.45, 2.75) is 135 Å². The van der Waals surface area contributed by atoms with Gasteiger partial charge in [0.05, 0.1) is 5.92 Å². The quantitative estimate of drug-likeness (QED) is 0.157. The molecule has 32 heavy (non-hydrogen) atoms. The summed E-state index contributed by atoms with van der Waals surface area (Å²) >= 11 is 0. The SMILES string of the molecule is CCCCCCCCCCCCCCC[C@H](CCCC)c1[nH]cc[n+]1Cc1ccccc1. The van der Waals surface area contributed by atoms with Gasteiger partial charge in [0, 0.05) is 0 Å². The Bertz CT molecular complexity index is 660. The van der Waals surface area contributed by atoms with E-state index in [0.717, 1.165) is 6.54 Å². The Hall–Kier alpha value is -1.57. The predicted molar refractivity (Wildman–Crippen MR) is 139 cm³/mol. The molecule has 0 aliphatic heterocycles. The van der Waals surface area contributed by atoms with E-state index in [-0.39, 0.29) is 0 Å². The summed E-state index contributed by atoms with van der Waals surface area (Å²) in [4.78, 5) is 3.59. The molecular weight excluding hydrogens is 388 g/mol. The molecule has 2 heteroatoms. The number of aromatic amines is 1. The maximum absolute atomic E-state index is 3.59. The fourth-order valence-electron chi connectivity index (χ4n) is 4.92. The molecular formula is C30H51N2+. The Labute approximate surface area is 199 Å². The number of rotatable bonds is 20. The topological polar surface area (TPSA) is 19.7 Å². The van der Waals surface area contributed by atoms with E-state index in [4.69, 9.17) is 0 Å². The van der Waals surface area contributed by atoms with E-state index < -0.39 is 0 Å². The van der Waals surface area contributed by atoms with E-state index in [1.54, 1.807) is 0 Å². The zero-order chi connectivity index (χ0) is 22.7. The van der Waals surface area contributed by atoms with Gasteiger partial charge in [-0.3, -0.25) is 0 Å². The summed E-state index contributed by atoms with van der Waals surface area (Å²) in [6, 6.07) is 10.9. The molecule has 1 aromatic carbocycles. The smallest absolute Gasteiger partial charge is 0.247 e. The van der Waals surface area contributed by atoms with E-state index in [0.29, 0.717) is 5.92 Å². The lowest BCUT2D eigenvalue weighted by atomic mass is 9.94. The molecule has 0 aliphatic rings. The molecule has 0 radical (unpaired) electrons. The lowest BCUT2D eigenvalue weighted by Gasteiger charge is -2.14. The third-order valence-corrected chi connectivity index (χ3v) is 6.94. The van der Waals surface area contributed by atoms with Crippen LogP contribution in [0.15, 0.2) is 42.7 Å². The lowest BCUT2D eigenvalue weighted by molar-refractivity contribution is -0.695. The molecule has 1 N–H and O–H groups in total. The van der Waals surface area contributed by atoms with Gasteiger partial charge >= 0.3 is 0 Å². The Morgan fingerprint density at radius 1 is 0.656 bits per heavy atom. The van der Waals surface area contributed by atoms with Gasteiger partial charge in [-0.15, -0.1) is 0 Å². The average Bonchev–Trinajstić information content (AvgIpc) is 3.27. The van der Waals surface area contributed by atoms with E-state index in [1.165, 1.54) is 121 Å². The number of hydrogen-bond donors (Lipinski definition) is 1. The largest absolute Gasteiger partial charge is 0.257 e. The third-order valence-electron chi connectivity index (χ3n) is 6.94. The number of aromatic nitrogens is 2. The van der Waals surface area contributed by atoms with Gasteiger partial charge in [-0.1, -0.05) is 140 Å². The van der Waals surface area contributed by atoms with Crippen LogP contribution in [0, 0.1) is 0 Å². The van der Waals surface area contributed by atoms with Crippen LogP contribution in [0.2, 0.25) is 0 Å². The molecule has 180 valence electrons. The Morgan fingerprint density at radius 2 is 1.19 bits per heavy atom. The van der Waals surface area contributed by atoms with Crippen LogP contribution < -0.4 is 4.57 Å². The van der Waals surface area contributed by atoms with Crippen molar-refractivity contribution in [3.63, 3.8) is 0 Å². The number of H-pyrrole nitrogens is 1. The number of nitrogens with one attached hydrogen (secondary N) is 1. The summed E-state index contributed by atoms with van der Waals surface area (Å²) in [6.45, 7) is 5.59. The molecule has 2 nitrogen and oxygen atoms in total. The standard InChI is InChI=1S/C30H50N2/c1-3-5-7-8-9-10-11-12-13-14-15-16-20-24-29(23-6-4-2)30-31-25-26-32(30)27-28-21-18-17-19-22-28/h17-19,21-22,25-26,29H,3-16,20,23-24,27H2,1-2H3/p+1/t29-/m0/s1. The lowest BCUT2D eigenvalue weighted by Crippen LogP contribution is -2.38. The van der Waals surface area contributed by atoms with Crippen molar-refractivity contribution in [1.82, 2.24) is 4.98 Å². The number of hydrogen-bond acceptors (Lipinski definition) is 0. The van der Waals surface area contributed by atoms with Gasteiger partial charge in [0.15, 0.2) is 0 Å². The first-order valence-corrected chi connectivity index (χ1v) is 14.0. The third kappa shape index (κ3) is 11.3. The maximum atomic E-state index is 3.59. The van der Waals surface area contributed by atoms with Gasteiger partial charge in [-0.25, -0.2) is 9.55 Å². The molecule has 1 aromatic heterocycles. The Morgan fingerprint density at radius 3 is 1.78 bits per heavy atom. The molecule has 0 fully saturated rings. The van der Waals surface area contributed by atoms with Crippen molar-refractivity contribution in [1.29, 1.82) is 0 Å². The van der Waals surface area contributed by atoms with Crippen LogP contribution in [-0.4, -0.2) is 4.98 Å². The van der Waals surface area contributed by atoms with Crippen LogP contribution in [0.5, 0.6) is 0 Å². The first-order valence-electron chi connectivity index (χ1n) is 14.0. The van der Waals surface area contributed by atoms with E-state index in [1.807, 2.05) is 0 Å². The van der Waals surface area contributed by atoms with Crippen molar-refractivity contribution in [3.8, 4) is 0 Å². The van der Waals surface area contributed by atoms with Crippen LogP contribution in [0.1, 0.15) is 140 Å². The van der Waals surface area contributed by atoms with Gasteiger partial charge in [-0.05, 0) is 18.4 Å². The molecule has 2 rings (SSSR count). The molecule has 0 saturated heterocycles. The van der Waals surface area contributed by atoms with Crippen molar-refractivity contribution in [2.75, 3.05) is 0 Å². The van der Waals surface area contributed by atoms with Crippen molar-refractivity contribution < 1.29 is 4.57 Å². The minimum absolute atomic E-state index is 0.668. The van der Waals surface area contributed by atoms with Crippen LogP contribution in [0.3, 0.4) is 0 Å². The van der Waals surface area contributed by atoms with Crippen LogP contribution in [0.25, 0.3) is 0 Å².